The van der Waals surface area contributed by atoms with Crippen LogP contribution in [0.5, 0.6) is 0 Å². The smallest absolute Gasteiger partial charge is 0.308 e. The summed E-state index contributed by atoms with van der Waals surface area (Å²) in [4.78, 5) is 34.2. The Bertz CT molecular complexity index is 865. The molecule has 0 unspecified atom stereocenters. The molecule has 8 nitrogen and oxygen atoms in total. The number of nitrogens with zero attached hydrogens (tertiary/aromatic N) is 2. The Kier molecular flexibility index (Phi) is 5.44. The van der Waals surface area contributed by atoms with Crippen LogP contribution < -0.4 is 21.3 Å². The number of nitrogens with one attached hydrogen (secondary N) is 4. The predicted molar refractivity (Wildman–Crippen MR) is 105 cm³/mol. The summed E-state index contributed by atoms with van der Waals surface area (Å²) in [5.74, 6) is 0. The third-order valence-corrected chi connectivity index (χ3v) is 4.72. The monoisotopic (exact) mass is 388 g/mol. The molecule has 3 aromatic rings. The lowest BCUT2D eigenvalue weighted by molar-refractivity contribution is 0.261. The zero-order valence-electron chi connectivity index (χ0n) is 14.0. The molecule has 134 valence electrons. The highest BCUT2D eigenvalue weighted by atomic mass is 32.1. The Morgan fingerprint density at radius 2 is 1.27 bits per heavy atom. The first kappa shape index (κ1) is 17.8. The summed E-state index contributed by atoms with van der Waals surface area (Å²) in [6, 6.07) is 6.02. The van der Waals surface area contributed by atoms with Crippen molar-refractivity contribution in [2.45, 2.75) is 13.8 Å². The number of urea groups is 2. The van der Waals surface area contributed by atoms with E-state index in [9.17, 15) is 9.59 Å². The zero-order chi connectivity index (χ0) is 18.5. The maximum absolute atomic E-state index is 12.0. The number of rotatable bonds is 4. The molecule has 26 heavy (non-hydrogen) atoms. The number of thiazole rings is 2. The van der Waals surface area contributed by atoms with E-state index in [0.717, 1.165) is 9.75 Å². The molecule has 0 saturated carbocycles. The summed E-state index contributed by atoms with van der Waals surface area (Å²) in [6.45, 7) is 3.82. The molecule has 0 fully saturated rings. The van der Waals surface area contributed by atoms with E-state index >= 15 is 0 Å². The summed E-state index contributed by atoms with van der Waals surface area (Å²) >= 11 is 2.78. The van der Waals surface area contributed by atoms with Gasteiger partial charge in [0.15, 0.2) is 10.3 Å². The molecule has 4 N–H and O–H groups in total. The number of hydrogen-bond donors (Lipinski definition) is 4. The molecule has 4 amide bonds. The van der Waals surface area contributed by atoms with E-state index in [0.29, 0.717) is 21.6 Å². The number of aromatic nitrogens is 2. The third kappa shape index (κ3) is 5.01. The highest BCUT2D eigenvalue weighted by molar-refractivity contribution is 7.16. The molecular weight excluding hydrogens is 372 g/mol. The van der Waals surface area contributed by atoms with Crippen molar-refractivity contribution in [3.05, 3.63) is 46.4 Å². The molecule has 2 heterocycles. The molecule has 0 atom stereocenters. The van der Waals surface area contributed by atoms with Crippen LogP contribution in [0, 0.1) is 13.8 Å². The highest BCUT2D eigenvalue weighted by Crippen LogP contribution is 2.20. The summed E-state index contributed by atoms with van der Waals surface area (Å²) < 4.78 is 0. The third-order valence-electron chi connectivity index (χ3n) is 3.06. The van der Waals surface area contributed by atoms with Gasteiger partial charge >= 0.3 is 12.1 Å². The number of carbonyl (C=O) groups is 2. The van der Waals surface area contributed by atoms with Crippen molar-refractivity contribution in [3.63, 3.8) is 0 Å². The predicted octanol–water partition coefficient (Wildman–Crippen LogP) is 4.50. The molecule has 0 aliphatic carbocycles. The van der Waals surface area contributed by atoms with Crippen molar-refractivity contribution in [2.75, 3.05) is 21.3 Å². The number of anilines is 4. The normalized spacial score (nSPS) is 10.2. The van der Waals surface area contributed by atoms with Gasteiger partial charge in [0.25, 0.3) is 0 Å². The molecule has 10 heteroatoms. The minimum atomic E-state index is -0.404. The molecule has 0 spiro atoms. The van der Waals surface area contributed by atoms with Crippen LogP contribution in [0.15, 0.2) is 36.7 Å². The van der Waals surface area contributed by atoms with Crippen molar-refractivity contribution >= 4 is 56.4 Å². The summed E-state index contributed by atoms with van der Waals surface area (Å²) in [6.07, 6.45) is 3.38. The molecule has 0 bridgehead atoms. The van der Waals surface area contributed by atoms with Crippen LogP contribution in [0.1, 0.15) is 9.75 Å². The van der Waals surface area contributed by atoms with Crippen molar-refractivity contribution in [1.29, 1.82) is 0 Å². The van der Waals surface area contributed by atoms with Crippen molar-refractivity contribution < 1.29 is 9.59 Å². The second-order valence-electron chi connectivity index (χ2n) is 5.29. The standard InChI is InChI=1S/C16H16N6O2S2/c1-9-7-17-15(25-9)21-13(23)19-11-4-3-5-12(6-11)20-14(24)22-16-18-8-10(2)26-16/h3-8H,1-2H3,(H2,17,19,21,23)(H2,18,20,22,24). The van der Waals surface area contributed by atoms with Gasteiger partial charge in [0.2, 0.25) is 0 Å². The van der Waals surface area contributed by atoms with E-state index in [2.05, 4.69) is 31.2 Å². The molecule has 0 saturated heterocycles. The second kappa shape index (κ2) is 7.93. The van der Waals surface area contributed by atoms with E-state index in [1.807, 2.05) is 13.8 Å². The summed E-state index contributed by atoms with van der Waals surface area (Å²) in [5, 5.41) is 11.8. The molecule has 0 aliphatic rings. The van der Waals surface area contributed by atoms with Gasteiger partial charge < -0.3 is 10.6 Å². The molecule has 0 aliphatic heterocycles. The number of amides is 4. The lowest BCUT2D eigenvalue weighted by atomic mass is 10.3. The van der Waals surface area contributed by atoms with Gasteiger partial charge in [-0.3, -0.25) is 10.6 Å². The van der Waals surface area contributed by atoms with Crippen LogP contribution in [0.25, 0.3) is 0 Å². The fraction of sp³-hybridized carbons (Fsp3) is 0.125. The fourth-order valence-corrected chi connectivity index (χ4v) is 3.34. The van der Waals surface area contributed by atoms with Gasteiger partial charge in [-0.25, -0.2) is 19.6 Å². The first-order valence-electron chi connectivity index (χ1n) is 7.59. The number of aryl methyl sites for hydroxylation is 2. The molecular formula is C16H16N6O2S2. The number of benzene rings is 1. The van der Waals surface area contributed by atoms with Crippen LogP contribution in [-0.2, 0) is 0 Å². The molecule has 3 rings (SSSR count). The van der Waals surface area contributed by atoms with Crippen LogP contribution in [0.4, 0.5) is 31.2 Å². The maximum atomic E-state index is 12.0. The molecule has 0 radical (unpaired) electrons. The molecule has 1 aromatic carbocycles. The zero-order valence-corrected chi connectivity index (χ0v) is 15.6. The van der Waals surface area contributed by atoms with Gasteiger partial charge in [-0.15, -0.1) is 22.7 Å². The quantitative estimate of drug-likeness (QED) is 0.527. The highest BCUT2D eigenvalue weighted by Gasteiger charge is 2.08. The largest absolute Gasteiger partial charge is 0.325 e. The Morgan fingerprint density at radius 3 is 1.65 bits per heavy atom. The molecule has 2 aromatic heterocycles. The van der Waals surface area contributed by atoms with Gasteiger partial charge in [0.05, 0.1) is 0 Å². The lowest BCUT2D eigenvalue weighted by Crippen LogP contribution is -2.20. The summed E-state index contributed by atoms with van der Waals surface area (Å²) in [5.41, 5.74) is 1.08. The fourth-order valence-electron chi connectivity index (χ4n) is 2.02. The van der Waals surface area contributed by atoms with Crippen molar-refractivity contribution in [1.82, 2.24) is 9.97 Å². The van der Waals surface area contributed by atoms with Crippen LogP contribution in [0.2, 0.25) is 0 Å². The second-order valence-corrected chi connectivity index (χ2v) is 7.76. The van der Waals surface area contributed by atoms with Gasteiger partial charge in [-0.1, -0.05) is 6.07 Å². The first-order valence-corrected chi connectivity index (χ1v) is 9.22. The lowest BCUT2D eigenvalue weighted by Gasteiger charge is -2.09. The topological polar surface area (TPSA) is 108 Å². The van der Waals surface area contributed by atoms with Gasteiger partial charge in [-0.2, -0.15) is 0 Å². The number of carbonyl (C=O) groups excluding carboxylic acids is 2. The van der Waals surface area contributed by atoms with E-state index in [-0.39, 0.29) is 0 Å². The Labute approximate surface area is 157 Å². The van der Waals surface area contributed by atoms with Gasteiger partial charge in [0, 0.05) is 33.5 Å². The minimum absolute atomic E-state index is 0.404. The van der Waals surface area contributed by atoms with E-state index in [1.165, 1.54) is 22.7 Å². The van der Waals surface area contributed by atoms with Gasteiger partial charge in [-0.05, 0) is 32.0 Å². The Balaban J connectivity index is 1.57. The van der Waals surface area contributed by atoms with E-state index < -0.39 is 12.1 Å². The maximum Gasteiger partial charge on any atom is 0.325 e. The SMILES string of the molecule is Cc1cnc(NC(=O)Nc2cccc(NC(=O)Nc3ncc(C)s3)c2)s1. The van der Waals surface area contributed by atoms with Gasteiger partial charge in [0.1, 0.15) is 0 Å². The van der Waals surface area contributed by atoms with E-state index in [4.69, 9.17) is 0 Å². The Hall–Kier alpha value is -2.98. The van der Waals surface area contributed by atoms with Crippen molar-refractivity contribution in [2.24, 2.45) is 0 Å². The van der Waals surface area contributed by atoms with E-state index in [1.54, 1.807) is 36.7 Å². The Morgan fingerprint density at radius 1 is 0.808 bits per heavy atom. The average molecular weight is 388 g/mol. The van der Waals surface area contributed by atoms with Crippen LogP contribution >= 0.6 is 22.7 Å². The van der Waals surface area contributed by atoms with Crippen molar-refractivity contribution in [3.8, 4) is 0 Å². The first-order chi connectivity index (χ1) is 12.5. The van der Waals surface area contributed by atoms with Crippen LogP contribution in [-0.4, -0.2) is 22.0 Å². The van der Waals surface area contributed by atoms with Crippen LogP contribution in [0.3, 0.4) is 0 Å². The summed E-state index contributed by atoms with van der Waals surface area (Å²) in [7, 11) is 0. The average Bonchev–Trinajstić information content (AvgIpc) is 3.15. The minimum Gasteiger partial charge on any atom is -0.308 e. The number of hydrogen-bond acceptors (Lipinski definition) is 6.